The maximum atomic E-state index is 13.6. The molecular formula is C13H12F2N2O4. The van der Waals surface area contributed by atoms with Crippen LogP contribution < -0.4 is 10.6 Å². The molecule has 21 heavy (non-hydrogen) atoms. The number of benzene rings is 1. The third-order valence-electron chi connectivity index (χ3n) is 3.18. The number of aromatic carboxylic acids is 1. The summed E-state index contributed by atoms with van der Waals surface area (Å²) in [6.07, 6.45) is 0.497. The zero-order chi connectivity index (χ0) is 15.6. The van der Waals surface area contributed by atoms with E-state index in [-0.39, 0.29) is 18.9 Å². The lowest BCUT2D eigenvalue weighted by Crippen LogP contribution is -2.40. The first kappa shape index (κ1) is 14.9. The van der Waals surface area contributed by atoms with E-state index in [0.29, 0.717) is 12.5 Å². The Morgan fingerprint density at radius 3 is 2.57 bits per heavy atom. The molecule has 2 rings (SSSR count). The van der Waals surface area contributed by atoms with Crippen LogP contribution in [0.4, 0.5) is 14.5 Å². The van der Waals surface area contributed by atoms with Crippen LogP contribution in [0, 0.1) is 17.6 Å². The molecule has 0 spiro atoms. The number of rotatable bonds is 3. The number of amides is 2. The third-order valence-corrected chi connectivity index (χ3v) is 3.18. The summed E-state index contributed by atoms with van der Waals surface area (Å²) < 4.78 is 26.8. The van der Waals surface area contributed by atoms with Gasteiger partial charge in [-0.1, -0.05) is 0 Å². The Balaban J connectivity index is 2.15. The molecule has 1 aromatic carbocycles. The molecule has 1 aliphatic rings. The van der Waals surface area contributed by atoms with Gasteiger partial charge in [0.05, 0.1) is 17.2 Å². The fourth-order valence-electron chi connectivity index (χ4n) is 2.00. The highest BCUT2D eigenvalue weighted by molar-refractivity contribution is 5.96. The van der Waals surface area contributed by atoms with Crippen molar-refractivity contribution in [2.45, 2.75) is 12.8 Å². The van der Waals surface area contributed by atoms with E-state index in [1.807, 2.05) is 0 Å². The van der Waals surface area contributed by atoms with Gasteiger partial charge in [-0.15, -0.1) is 0 Å². The number of anilines is 1. The Morgan fingerprint density at radius 1 is 1.29 bits per heavy atom. The van der Waals surface area contributed by atoms with Gasteiger partial charge < -0.3 is 15.7 Å². The lowest BCUT2D eigenvalue weighted by molar-refractivity contribution is -0.126. The van der Waals surface area contributed by atoms with Gasteiger partial charge in [0.25, 0.3) is 0 Å². The average molecular weight is 298 g/mol. The average Bonchev–Trinajstić information content (AvgIpc) is 2.42. The number of nitrogens with one attached hydrogen (secondary N) is 2. The molecule has 1 saturated heterocycles. The van der Waals surface area contributed by atoms with Gasteiger partial charge in [0.1, 0.15) is 11.6 Å². The highest BCUT2D eigenvalue weighted by Gasteiger charge is 2.25. The second kappa shape index (κ2) is 5.86. The third kappa shape index (κ3) is 3.33. The van der Waals surface area contributed by atoms with E-state index in [2.05, 4.69) is 10.6 Å². The van der Waals surface area contributed by atoms with Gasteiger partial charge in [-0.2, -0.15) is 0 Å². The van der Waals surface area contributed by atoms with Gasteiger partial charge in [0, 0.05) is 19.0 Å². The summed E-state index contributed by atoms with van der Waals surface area (Å²) in [5.41, 5.74) is -1.14. The van der Waals surface area contributed by atoms with Crippen molar-refractivity contribution < 1.29 is 28.3 Å². The molecule has 1 atom stereocenters. The molecule has 0 bridgehead atoms. The summed E-state index contributed by atoms with van der Waals surface area (Å²) in [6.45, 7) is 0.124. The minimum absolute atomic E-state index is 0.124. The minimum Gasteiger partial charge on any atom is -0.478 e. The molecule has 112 valence electrons. The van der Waals surface area contributed by atoms with E-state index in [1.54, 1.807) is 0 Å². The first-order valence-corrected chi connectivity index (χ1v) is 6.18. The summed E-state index contributed by atoms with van der Waals surface area (Å²) in [7, 11) is 0. The maximum Gasteiger partial charge on any atom is 0.338 e. The zero-order valence-electron chi connectivity index (χ0n) is 10.8. The summed E-state index contributed by atoms with van der Waals surface area (Å²) in [5, 5.41) is 13.5. The molecule has 0 aliphatic carbocycles. The number of hydrogen-bond acceptors (Lipinski definition) is 3. The van der Waals surface area contributed by atoms with Crippen LogP contribution in [0.1, 0.15) is 23.2 Å². The maximum absolute atomic E-state index is 13.6. The number of carboxylic acids is 1. The van der Waals surface area contributed by atoms with Crippen LogP contribution in [0.25, 0.3) is 0 Å². The van der Waals surface area contributed by atoms with Crippen molar-refractivity contribution in [3.8, 4) is 0 Å². The standard InChI is InChI=1S/C13H12F2N2O4/c14-8-4-9(15)10(3-7(8)13(20)21)17-12(19)6-1-2-11(18)16-5-6/h3-4,6H,1-2,5H2,(H,16,18)(H,17,19)(H,20,21). The Kier molecular flexibility index (Phi) is 4.15. The molecule has 3 N–H and O–H groups in total. The second-order valence-corrected chi connectivity index (χ2v) is 4.65. The normalized spacial score (nSPS) is 18.0. The van der Waals surface area contributed by atoms with Crippen LogP contribution in [0.15, 0.2) is 12.1 Å². The number of piperidine rings is 1. The second-order valence-electron chi connectivity index (χ2n) is 4.65. The summed E-state index contributed by atoms with van der Waals surface area (Å²) in [6, 6.07) is 1.13. The van der Waals surface area contributed by atoms with Crippen molar-refractivity contribution in [3.05, 3.63) is 29.3 Å². The quantitative estimate of drug-likeness (QED) is 0.779. The fraction of sp³-hybridized carbons (Fsp3) is 0.308. The highest BCUT2D eigenvalue weighted by atomic mass is 19.1. The lowest BCUT2D eigenvalue weighted by atomic mass is 9.98. The molecule has 0 saturated carbocycles. The van der Waals surface area contributed by atoms with Gasteiger partial charge >= 0.3 is 5.97 Å². The molecule has 0 radical (unpaired) electrons. The monoisotopic (exact) mass is 298 g/mol. The Bertz CT molecular complexity index is 608. The van der Waals surface area contributed by atoms with Crippen molar-refractivity contribution in [2.75, 3.05) is 11.9 Å². The lowest BCUT2D eigenvalue weighted by Gasteiger charge is -2.21. The van der Waals surface area contributed by atoms with Crippen LogP contribution >= 0.6 is 0 Å². The molecule has 2 amide bonds. The summed E-state index contributed by atoms with van der Waals surface area (Å²) in [4.78, 5) is 33.7. The molecule has 6 nitrogen and oxygen atoms in total. The van der Waals surface area contributed by atoms with Crippen LogP contribution in [0.3, 0.4) is 0 Å². The van der Waals surface area contributed by atoms with E-state index < -0.39 is 40.7 Å². The van der Waals surface area contributed by atoms with Gasteiger partial charge in [-0.25, -0.2) is 13.6 Å². The minimum atomic E-state index is -1.56. The number of carbonyl (C=O) groups is 3. The Labute approximate surface area is 118 Å². The van der Waals surface area contributed by atoms with Crippen LogP contribution in [0.5, 0.6) is 0 Å². The number of hydrogen-bond donors (Lipinski definition) is 3. The largest absolute Gasteiger partial charge is 0.478 e. The van der Waals surface area contributed by atoms with Gasteiger partial charge in [-0.3, -0.25) is 9.59 Å². The first-order valence-electron chi connectivity index (χ1n) is 6.18. The van der Waals surface area contributed by atoms with Gasteiger partial charge in [-0.05, 0) is 12.5 Å². The summed E-state index contributed by atoms with van der Waals surface area (Å²) >= 11 is 0. The zero-order valence-corrected chi connectivity index (χ0v) is 10.8. The SMILES string of the molecule is O=C1CCC(C(=O)Nc2cc(C(=O)O)c(F)cc2F)CN1. The molecule has 1 heterocycles. The van der Waals surface area contributed by atoms with Gasteiger partial charge in [0.2, 0.25) is 11.8 Å². The van der Waals surface area contributed by atoms with Crippen molar-refractivity contribution in [1.82, 2.24) is 5.32 Å². The number of carbonyl (C=O) groups excluding carboxylic acids is 2. The molecule has 1 unspecified atom stereocenters. The first-order chi connectivity index (χ1) is 9.88. The fourth-order valence-corrected chi connectivity index (χ4v) is 2.00. The molecule has 1 aromatic rings. The van der Waals surface area contributed by atoms with E-state index in [4.69, 9.17) is 5.11 Å². The van der Waals surface area contributed by atoms with Crippen molar-refractivity contribution in [3.63, 3.8) is 0 Å². The Morgan fingerprint density at radius 2 is 2.00 bits per heavy atom. The van der Waals surface area contributed by atoms with Crippen molar-refractivity contribution in [2.24, 2.45) is 5.92 Å². The van der Waals surface area contributed by atoms with E-state index in [1.165, 1.54) is 0 Å². The van der Waals surface area contributed by atoms with E-state index >= 15 is 0 Å². The molecule has 8 heteroatoms. The summed E-state index contributed by atoms with van der Waals surface area (Å²) in [5.74, 6) is -5.11. The van der Waals surface area contributed by atoms with Crippen molar-refractivity contribution >= 4 is 23.5 Å². The molecule has 1 fully saturated rings. The smallest absolute Gasteiger partial charge is 0.338 e. The molecule has 1 aliphatic heterocycles. The molecular weight excluding hydrogens is 286 g/mol. The topological polar surface area (TPSA) is 95.5 Å². The van der Waals surface area contributed by atoms with Crippen LogP contribution in [-0.4, -0.2) is 29.4 Å². The van der Waals surface area contributed by atoms with E-state index in [0.717, 1.165) is 6.07 Å². The van der Waals surface area contributed by atoms with Gasteiger partial charge in [0.15, 0.2) is 0 Å². The molecule has 0 aromatic heterocycles. The van der Waals surface area contributed by atoms with Crippen LogP contribution in [0.2, 0.25) is 0 Å². The predicted octanol–water partition coefficient (Wildman–Crippen LogP) is 1.13. The van der Waals surface area contributed by atoms with Crippen LogP contribution in [-0.2, 0) is 9.59 Å². The Hall–Kier alpha value is -2.51. The number of carboxylic acid groups (broad SMARTS) is 1. The van der Waals surface area contributed by atoms with Crippen molar-refractivity contribution in [1.29, 1.82) is 0 Å². The highest BCUT2D eigenvalue weighted by Crippen LogP contribution is 2.21. The van der Waals surface area contributed by atoms with E-state index in [9.17, 15) is 23.2 Å². The predicted molar refractivity (Wildman–Crippen MR) is 67.7 cm³/mol. The number of halogens is 2.